The van der Waals surface area contributed by atoms with E-state index in [0.29, 0.717) is 39.0 Å². The molecule has 1 N–H and O–H groups in total. The number of amides is 1. The number of aliphatic hydroxyl groups is 1. The summed E-state index contributed by atoms with van der Waals surface area (Å²) < 4.78 is 19.0. The molecule has 1 amide bonds. The molecule has 2 aliphatic rings. The number of benzene rings is 1. The van der Waals surface area contributed by atoms with Crippen LogP contribution in [-0.2, 0) is 16.0 Å². The van der Waals surface area contributed by atoms with E-state index in [4.69, 9.17) is 4.74 Å². The highest BCUT2D eigenvalue weighted by Gasteiger charge is 2.46. The first kappa shape index (κ1) is 17.4. The molecule has 1 aromatic carbocycles. The molecule has 0 bridgehead atoms. The van der Waals surface area contributed by atoms with E-state index in [9.17, 15) is 14.3 Å². The minimum Gasteiger partial charge on any atom is -0.390 e. The molecule has 2 heterocycles. The Kier molecular flexibility index (Phi) is 4.92. The lowest BCUT2D eigenvalue weighted by atomic mass is 9.76. The summed E-state index contributed by atoms with van der Waals surface area (Å²) in [5.41, 5.74) is -0.0789. The molecule has 0 radical (unpaired) electrons. The number of likely N-dealkylation sites (tertiary alicyclic amines) is 1. The number of rotatable bonds is 3. The largest absolute Gasteiger partial charge is 0.390 e. The van der Waals surface area contributed by atoms with Crippen LogP contribution in [0.4, 0.5) is 4.39 Å². The Morgan fingerprint density at radius 1 is 1.25 bits per heavy atom. The molecule has 2 aliphatic heterocycles. The molecule has 4 nitrogen and oxygen atoms in total. The predicted octanol–water partition coefficient (Wildman–Crippen LogP) is 2.68. The van der Waals surface area contributed by atoms with Gasteiger partial charge in [0.15, 0.2) is 0 Å². The van der Waals surface area contributed by atoms with Gasteiger partial charge in [0, 0.05) is 19.5 Å². The minimum atomic E-state index is -0.626. The molecule has 2 saturated heterocycles. The second-order valence-electron chi connectivity index (χ2n) is 7.22. The van der Waals surface area contributed by atoms with Gasteiger partial charge < -0.3 is 14.7 Å². The zero-order valence-corrected chi connectivity index (χ0v) is 14.3. The minimum absolute atomic E-state index is 0.0676. The molecule has 132 valence electrons. The van der Waals surface area contributed by atoms with Gasteiger partial charge >= 0.3 is 0 Å². The standard InChI is InChI=1S/C19H26FNO3/c1-2-18(23)9-12-24-19(14-18)7-10-21(11-8-19)17(22)13-15-3-5-16(20)6-4-15/h3-6,23H,2,7-14H2,1H3. The van der Waals surface area contributed by atoms with Crippen molar-refractivity contribution in [1.29, 1.82) is 0 Å². The Labute approximate surface area is 142 Å². The molecule has 0 saturated carbocycles. The molecule has 1 unspecified atom stereocenters. The summed E-state index contributed by atoms with van der Waals surface area (Å²) in [5.74, 6) is -0.220. The molecule has 24 heavy (non-hydrogen) atoms. The van der Waals surface area contributed by atoms with Crippen LogP contribution in [-0.4, -0.2) is 46.8 Å². The van der Waals surface area contributed by atoms with Gasteiger partial charge in [0.2, 0.25) is 5.91 Å². The molecular weight excluding hydrogens is 309 g/mol. The number of hydrogen-bond acceptors (Lipinski definition) is 3. The molecule has 1 spiro atoms. The van der Waals surface area contributed by atoms with E-state index in [1.807, 2.05) is 11.8 Å². The lowest BCUT2D eigenvalue weighted by molar-refractivity contribution is -0.181. The predicted molar refractivity (Wildman–Crippen MR) is 89.1 cm³/mol. The van der Waals surface area contributed by atoms with Crippen molar-refractivity contribution in [3.8, 4) is 0 Å². The number of carbonyl (C=O) groups is 1. The maximum atomic E-state index is 12.9. The van der Waals surface area contributed by atoms with Crippen LogP contribution in [0.2, 0.25) is 0 Å². The van der Waals surface area contributed by atoms with Crippen LogP contribution >= 0.6 is 0 Å². The third kappa shape index (κ3) is 3.78. The summed E-state index contributed by atoms with van der Waals surface area (Å²) in [7, 11) is 0. The molecule has 0 aromatic heterocycles. The van der Waals surface area contributed by atoms with Gasteiger partial charge in [0.05, 0.1) is 24.2 Å². The first-order valence-corrected chi connectivity index (χ1v) is 8.82. The van der Waals surface area contributed by atoms with Crippen LogP contribution in [0.5, 0.6) is 0 Å². The number of carbonyl (C=O) groups excluding carboxylic acids is 1. The summed E-state index contributed by atoms with van der Waals surface area (Å²) in [6, 6.07) is 6.08. The normalized spacial score (nSPS) is 26.5. The van der Waals surface area contributed by atoms with Crippen LogP contribution in [0.3, 0.4) is 0 Å². The summed E-state index contributed by atoms with van der Waals surface area (Å²) in [4.78, 5) is 14.3. The Morgan fingerprint density at radius 3 is 2.54 bits per heavy atom. The van der Waals surface area contributed by atoms with E-state index in [-0.39, 0.29) is 17.3 Å². The van der Waals surface area contributed by atoms with E-state index in [2.05, 4.69) is 0 Å². The number of piperidine rings is 1. The van der Waals surface area contributed by atoms with Gasteiger partial charge in [0.25, 0.3) is 0 Å². The van der Waals surface area contributed by atoms with Crippen molar-refractivity contribution >= 4 is 5.91 Å². The molecule has 2 fully saturated rings. The van der Waals surface area contributed by atoms with Gasteiger partial charge in [-0.05, 0) is 43.4 Å². The van der Waals surface area contributed by atoms with Crippen molar-refractivity contribution in [1.82, 2.24) is 4.90 Å². The maximum Gasteiger partial charge on any atom is 0.226 e. The Balaban J connectivity index is 1.56. The molecule has 1 atom stereocenters. The van der Waals surface area contributed by atoms with Gasteiger partial charge in [-0.2, -0.15) is 0 Å². The van der Waals surface area contributed by atoms with Gasteiger partial charge in [-0.15, -0.1) is 0 Å². The Hall–Kier alpha value is -1.46. The van der Waals surface area contributed by atoms with Gasteiger partial charge in [-0.1, -0.05) is 19.1 Å². The topological polar surface area (TPSA) is 49.8 Å². The number of hydrogen-bond donors (Lipinski definition) is 1. The molecule has 1 aromatic rings. The average Bonchev–Trinajstić information content (AvgIpc) is 2.57. The van der Waals surface area contributed by atoms with Crippen LogP contribution in [0.25, 0.3) is 0 Å². The maximum absolute atomic E-state index is 12.9. The van der Waals surface area contributed by atoms with Crippen molar-refractivity contribution in [3.05, 3.63) is 35.6 Å². The summed E-state index contributed by atoms with van der Waals surface area (Å²) >= 11 is 0. The fourth-order valence-electron chi connectivity index (χ4n) is 3.87. The van der Waals surface area contributed by atoms with E-state index in [1.165, 1.54) is 12.1 Å². The van der Waals surface area contributed by atoms with Crippen LogP contribution in [0.1, 0.15) is 44.6 Å². The zero-order valence-electron chi connectivity index (χ0n) is 14.3. The number of nitrogens with zero attached hydrogens (tertiary/aromatic N) is 1. The molecule has 5 heteroatoms. The number of ether oxygens (including phenoxy) is 1. The molecule has 0 aliphatic carbocycles. The van der Waals surface area contributed by atoms with Crippen molar-refractivity contribution in [2.75, 3.05) is 19.7 Å². The Morgan fingerprint density at radius 2 is 1.92 bits per heavy atom. The van der Waals surface area contributed by atoms with Gasteiger partial charge in [0.1, 0.15) is 5.82 Å². The third-order valence-corrected chi connectivity index (χ3v) is 5.58. The number of halogens is 1. The third-order valence-electron chi connectivity index (χ3n) is 5.58. The van der Waals surface area contributed by atoms with E-state index in [0.717, 1.165) is 24.8 Å². The summed E-state index contributed by atoms with van der Waals surface area (Å²) in [5, 5.41) is 10.6. The average molecular weight is 335 g/mol. The summed E-state index contributed by atoms with van der Waals surface area (Å²) in [6.07, 6.45) is 3.93. The van der Waals surface area contributed by atoms with Crippen LogP contribution in [0.15, 0.2) is 24.3 Å². The van der Waals surface area contributed by atoms with Crippen molar-refractivity contribution < 1.29 is 19.0 Å². The fourth-order valence-corrected chi connectivity index (χ4v) is 3.87. The van der Waals surface area contributed by atoms with Crippen LogP contribution < -0.4 is 0 Å². The zero-order chi connectivity index (χ0) is 17.2. The SMILES string of the molecule is CCC1(O)CCOC2(CCN(C(=O)Cc3ccc(F)cc3)CC2)C1. The second kappa shape index (κ2) is 6.81. The molecule has 3 rings (SSSR count). The van der Waals surface area contributed by atoms with Crippen molar-refractivity contribution in [3.63, 3.8) is 0 Å². The van der Waals surface area contributed by atoms with Crippen molar-refractivity contribution in [2.24, 2.45) is 0 Å². The van der Waals surface area contributed by atoms with E-state index in [1.54, 1.807) is 12.1 Å². The summed E-state index contributed by atoms with van der Waals surface area (Å²) in [6.45, 7) is 3.91. The highest BCUT2D eigenvalue weighted by Crippen LogP contribution is 2.40. The highest BCUT2D eigenvalue weighted by molar-refractivity contribution is 5.78. The lowest BCUT2D eigenvalue weighted by Gasteiger charge is -2.49. The monoisotopic (exact) mass is 335 g/mol. The van der Waals surface area contributed by atoms with E-state index >= 15 is 0 Å². The highest BCUT2D eigenvalue weighted by atomic mass is 19.1. The smallest absolute Gasteiger partial charge is 0.226 e. The second-order valence-corrected chi connectivity index (χ2v) is 7.22. The van der Waals surface area contributed by atoms with Crippen LogP contribution in [0, 0.1) is 5.82 Å². The first-order chi connectivity index (χ1) is 11.4. The fraction of sp³-hybridized carbons (Fsp3) is 0.632. The lowest BCUT2D eigenvalue weighted by Crippen LogP contribution is -2.55. The van der Waals surface area contributed by atoms with Crippen molar-refractivity contribution in [2.45, 2.75) is 56.7 Å². The first-order valence-electron chi connectivity index (χ1n) is 8.82. The van der Waals surface area contributed by atoms with E-state index < -0.39 is 5.60 Å². The van der Waals surface area contributed by atoms with Gasteiger partial charge in [-0.3, -0.25) is 4.79 Å². The Bertz CT molecular complexity index is 581. The quantitative estimate of drug-likeness (QED) is 0.924. The van der Waals surface area contributed by atoms with Gasteiger partial charge in [-0.25, -0.2) is 4.39 Å². The molecular formula is C19H26FNO3.